The van der Waals surface area contributed by atoms with E-state index in [4.69, 9.17) is 9.47 Å². The van der Waals surface area contributed by atoms with E-state index >= 15 is 0 Å². The summed E-state index contributed by atoms with van der Waals surface area (Å²) >= 11 is 2.06. The van der Waals surface area contributed by atoms with Crippen molar-refractivity contribution in [1.29, 1.82) is 0 Å². The van der Waals surface area contributed by atoms with Crippen molar-refractivity contribution in [2.45, 2.75) is 13.5 Å². The lowest BCUT2D eigenvalue weighted by atomic mass is 10.1. The zero-order valence-corrected chi connectivity index (χ0v) is 19.2. The Morgan fingerprint density at radius 2 is 1.90 bits per heavy atom. The summed E-state index contributed by atoms with van der Waals surface area (Å²) < 4.78 is 16.5. The highest BCUT2D eigenvalue weighted by atomic mass is 127. The van der Waals surface area contributed by atoms with E-state index in [-0.39, 0.29) is 18.8 Å². The Kier molecular flexibility index (Phi) is 7.50. The summed E-state index contributed by atoms with van der Waals surface area (Å²) in [5.41, 5.74) is 1.67. The zero-order valence-electron chi connectivity index (χ0n) is 17.0. The summed E-state index contributed by atoms with van der Waals surface area (Å²) in [6.07, 6.45) is 1.58. The summed E-state index contributed by atoms with van der Waals surface area (Å²) in [5, 5.41) is 2.62. The first-order valence-electron chi connectivity index (χ1n) is 9.47. The first-order chi connectivity index (χ1) is 14.9. The highest BCUT2D eigenvalue weighted by Crippen LogP contribution is 2.35. The van der Waals surface area contributed by atoms with Crippen LogP contribution in [0.15, 0.2) is 48.2 Å². The van der Waals surface area contributed by atoms with Crippen molar-refractivity contribution in [2.75, 3.05) is 20.3 Å². The molecule has 0 atom stereocenters. The van der Waals surface area contributed by atoms with Crippen LogP contribution in [0.5, 0.6) is 11.5 Å². The highest BCUT2D eigenvalue weighted by molar-refractivity contribution is 14.1. The molecule has 1 N–H and O–H groups in total. The van der Waals surface area contributed by atoms with Crippen LogP contribution in [0.4, 0.5) is 4.79 Å². The van der Waals surface area contributed by atoms with E-state index < -0.39 is 17.9 Å². The smallest absolute Gasteiger partial charge is 0.343 e. The van der Waals surface area contributed by atoms with Gasteiger partial charge >= 0.3 is 12.0 Å². The number of rotatable bonds is 8. The van der Waals surface area contributed by atoms with Crippen LogP contribution < -0.4 is 14.8 Å². The molecule has 0 saturated carbocycles. The molecular weight excluding hydrogens is 515 g/mol. The molecule has 1 aliphatic heterocycles. The number of esters is 1. The molecule has 162 valence electrons. The monoisotopic (exact) mass is 536 g/mol. The number of halogens is 1. The van der Waals surface area contributed by atoms with Crippen molar-refractivity contribution in [3.63, 3.8) is 0 Å². The van der Waals surface area contributed by atoms with Crippen LogP contribution in [0, 0.1) is 3.57 Å². The number of amides is 3. The molecule has 0 aromatic heterocycles. The summed E-state index contributed by atoms with van der Waals surface area (Å²) in [4.78, 5) is 37.6. The number of ether oxygens (including phenoxy) is 3. The maximum absolute atomic E-state index is 12.8. The molecule has 3 amide bonds. The van der Waals surface area contributed by atoms with Gasteiger partial charge in [0.1, 0.15) is 5.70 Å². The van der Waals surface area contributed by atoms with E-state index in [2.05, 4.69) is 32.6 Å². The normalized spacial score (nSPS) is 14.5. The molecule has 1 heterocycles. The quantitative estimate of drug-likeness (QED) is 0.241. The van der Waals surface area contributed by atoms with Crippen LogP contribution in [0.25, 0.3) is 6.08 Å². The Morgan fingerprint density at radius 3 is 2.58 bits per heavy atom. The molecule has 31 heavy (non-hydrogen) atoms. The molecule has 2 aromatic rings. The SMILES string of the molecule is CCOc1cc(/C=C2/NC(=O)N(Cc3ccccc3)C2=O)cc(I)c1OCC(=O)OC. The van der Waals surface area contributed by atoms with Crippen LogP contribution in [-0.2, 0) is 20.9 Å². The molecule has 8 nitrogen and oxygen atoms in total. The van der Waals surface area contributed by atoms with Gasteiger partial charge in [-0.1, -0.05) is 30.3 Å². The van der Waals surface area contributed by atoms with Gasteiger partial charge in [-0.3, -0.25) is 9.69 Å². The number of imide groups is 1. The van der Waals surface area contributed by atoms with Crippen molar-refractivity contribution in [3.8, 4) is 11.5 Å². The van der Waals surface area contributed by atoms with Crippen LogP contribution in [0.2, 0.25) is 0 Å². The van der Waals surface area contributed by atoms with Gasteiger partial charge in [-0.2, -0.15) is 0 Å². The average Bonchev–Trinajstić information content (AvgIpc) is 3.01. The van der Waals surface area contributed by atoms with Gasteiger partial charge in [0.15, 0.2) is 18.1 Å². The van der Waals surface area contributed by atoms with Crippen molar-refractivity contribution < 1.29 is 28.6 Å². The first kappa shape index (κ1) is 22.6. The summed E-state index contributed by atoms with van der Waals surface area (Å²) in [6.45, 7) is 2.14. The maximum Gasteiger partial charge on any atom is 0.343 e. The molecule has 2 aromatic carbocycles. The van der Waals surface area contributed by atoms with Gasteiger partial charge in [-0.15, -0.1) is 0 Å². The highest BCUT2D eigenvalue weighted by Gasteiger charge is 2.33. The Balaban J connectivity index is 1.84. The lowest BCUT2D eigenvalue weighted by Gasteiger charge is -2.14. The minimum atomic E-state index is -0.512. The predicted octanol–water partition coefficient (Wildman–Crippen LogP) is 3.33. The molecule has 3 rings (SSSR count). The maximum atomic E-state index is 12.8. The Morgan fingerprint density at radius 1 is 1.16 bits per heavy atom. The molecule has 1 fully saturated rings. The molecule has 0 radical (unpaired) electrons. The van der Waals surface area contributed by atoms with Gasteiger partial charge in [0.25, 0.3) is 5.91 Å². The van der Waals surface area contributed by atoms with E-state index in [0.29, 0.717) is 27.2 Å². The second-order valence-corrected chi connectivity index (χ2v) is 7.66. The largest absolute Gasteiger partial charge is 0.490 e. The van der Waals surface area contributed by atoms with Crippen molar-refractivity contribution in [2.24, 2.45) is 0 Å². The Bertz CT molecular complexity index is 1020. The van der Waals surface area contributed by atoms with E-state index in [9.17, 15) is 14.4 Å². The van der Waals surface area contributed by atoms with Gasteiger partial charge in [-0.05, 0) is 58.9 Å². The number of methoxy groups -OCH3 is 1. The standard InChI is InChI=1S/C22H21IN2O6/c1-3-30-18-11-15(9-16(23)20(18)31-13-19(26)29-2)10-17-21(27)25(22(28)24-17)12-14-7-5-4-6-8-14/h4-11H,3,12-13H2,1-2H3,(H,24,28)/b17-10+. The van der Waals surface area contributed by atoms with Gasteiger partial charge < -0.3 is 19.5 Å². The lowest BCUT2D eigenvalue weighted by molar-refractivity contribution is -0.143. The number of urea groups is 1. The van der Waals surface area contributed by atoms with Gasteiger partial charge in [-0.25, -0.2) is 9.59 Å². The molecule has 0 spiro atoms. The van der Waals surface area contributed by atoms with Crippen molar-refractivity contribution in [1.82, 2.24) is 10.2 Å². The molecule has 1 saturated heterocycles. The second-order valence-electron chi connectivity index (χ2n) is 6.49. The fraction of sp³-hybridized carbons (Fsp3) is 0.227. The average molecular weight is 536 g/mol. The number of carbonyl (C=O) groups is 3. The minimum Gasteiger partial charge on any atom is -0.490 e. The van der Waals surface area contributed by atoms with E-state index in [1.54, 1.807) is 18.2 Å². The molecular formula is C22H21IN2O6. The first-order valence-corrected chi connectivity index (χ1v) is 10.5. The number of hydrogen-bond donors (Lipinski definition) is 1. The van der Waals surface area contributed by atoms with Gasteiger partial charge in [0.05, 0.1) is 23.8 Å². The minimum absolute atomic E-state index is 0.169. The Hall–Kier alpha value is -3.08. The van der Waals surface area contributed by atoms with Gasteiger partial charge in [0, 0.05) is 0 Å². The van der Waals surface area contributed by atoms with Crippen LogP contribution in [0.1, 0.15) is 18.1 Å². The number of nitrogens with zero attached hydrogens (tertiary/aromatic N) is 1. The summed E-state index contributed by atoms with van der Waals surface area (Å²) in [6, 6.07) is 12.3. The topological polar surface area (TPSA) is 94.2 Å². The molecule has 9 heteroatoms. The second kappa shape index (κ2) is 10.3. The summed E-state index contributed by atoms with van der Waals surface area (Å²) in [5.74, 6) is -0.0967. The van der Waals surface area contributed by atoms with E-state index in [0.717, 1.165) is 10.5 Å². The van der Waals surface area contributed by atoms with E-state index in [1.807, 2.05) is 37.3 Å². The Labute approximate surface area is 193 Å². The zero-order chi connectivity index (χ0) is 22.4. The molecule has 0 aliphatic carbocycles. The van der Waals surface area contributed by atoms with Crippen LogP contribution in [0.3, 0.4) is 0 Å². The third-order valence-corrected chi connectivity index (χ3v) is 5.15. The third kappa shape index (κ3) is 5.54. The lowest BCUT2D eigenvalue weighted by Crippen LogP contribution is -2.30. The fourth-order valence-corrected chi connectivity index (χ4v) is 3.69. The molecule has 1 aliphatic rings. The van der Waals surface area contributed by atoms with Gasteiger partial charge in [0.2, 0.25) is 0 Å². The van der Waals surface area contributed by atoms with Crippen molar-refractivity contribution >= 4 is 46.6 Å². The van der Waals surface area contributed by atoms with Crippen LogP contribution >= 0.6 is 22.6 Å². The fourth-order valence-electron chi connectivity index (χ4n) is 2.91. The van der Waals surface area contributed by atoms with E-state index in [1.165, 1.54) is 7.11 Å². The van der Waals surface area contributed by atoms with Crippen LogP contribution in [-0.4, -0.2) is 43.1 Å². The third-order valence-electron chi connectivity index (χ3n) is 4.35. The summed E-state index contributed by atoms with van der Waals surface area (Å²) in [7, 11) is 1.28. The number of carbonyl (C=O) groups excluding carboxylic acids is 3. The molecule has 0 unspecified atom stereocenters. The number of benzene rings is 2. The van der Waals surface area contributed by atoms with Crippen molar-refractivity contribution in [3.05, 3.63) is 62.9 Å². The number of nitrogens with one attached hydrogen (secondary N) is 1. The predicted molar refractivity (Wildman–Crippen MR) is 121 cm³/mol. The molecule has 0 bridgehead atoms. The number of hydrogen-bond acceptors (Lipinski definition) is 6.